The molecular formula is C14H13N3O. The van der Waals surface area contributed by atoms with Crippen LogP contribution in [0, 0.1) is 11.3 Å². The monoisotopic (exact) mass is 239 g/mol. The minimum atomic E-state index is -0.416. The molecule has 0 saturated carbocycles. The van der Waals surface area contributed by atoms with Crippen LogP contribution in [0.25, 0.3) is 0 Å². The number of Topliss-reactive ketones (excluding diaryl/α,β-unsaturated/α-hetero) is 1. The highest BCUT2D eigenvalue weighted by molar-refractivity contribution is 6.00. The molecule has 4 nitrogen and oxygen atoms in total. The van der Waals surface area contributed by atoms with E-state index in [1.165, 1.54) is 6.20 Å². The van der Waals surface area contributed by atoms with Gasteiger partial charge < -0.3 is 0 Å². The zero-order valence-corrected chi connectivity index (χ0v) is 10.1. The minimum Gasteiger partial charge on any atom is -0.293 e. The lowest BCUT2D eigenvalue weighted by molar-refractivity contribution is 0.0960. The smallest absolute Gasteiger partial charge is 0.174 e. The number of hydrogen-bond donors (Lipinski definition) is 0. The molecule has 0 N–H and O–H groups in total. The van der Waals surface area contributed by atoms with E-state index in [1.807, 2.05) is 30.3 Å². The Kier molecular flexibility index (Phi) is 3.54. The first-order valence-corrected chi connectivity index (χ1v) is 5.67. The van der Waals surface area contributed by atoms with Crippen molar-refractivity contribution in [2.45, 2.75) is 12.3 Å². The van der Waals surface area contributed by atoms with Crippen molar-refractivity contribution >= 4 is 5.78 Å². The van der Waals surface area contributed by atoms with Gasteiger partial charge in [-0.05, 0) is 5.56 Å². The molecule has 0 aliphatic rings. The molecule has 1 atom stereocenters. The third-order valence-electron chi connectivity index (χ3n) is 2.80. The number of ketones is 1. The molecule has 4 heteroatoms. The van der Waals surface area contributed by atoms with E-state index in [2.05, 4.69) is 11.2 Å². The Bertz CT molecular complexity index is 581. The minimum absolute atomic E-state index is 0.0594. The highest BCUT2D eigenvalue weighted by Gasteiger charge is 2.22. The predicted molar refractivity (Wildman–Crippen MR) is 67.0 cm³/mol. The summed E-state index contributed by atoms with van der Waals surface area (Å²) in [5.41, 5.74) is 1.41. The normalized spacial score (nSPS) is 11.8. The molecule has 1 heterocycles. The number of rotatable bonds is 4. The Morgan fingerprint density at radius 3 is 2.72 bits per heavy atom. The van der Waals surface area contributed by atoms with Crippen LogP contribution in [-0.2, 0) is 7.05 Å². The van der Waals surface area contributed by atoms with E-state index in [-0.39, 0.29) is 12.2 Å². The standard InChI is InChI=1S/C14H13N3O/c1-17-10-12(9-16-17)14(18)13(7-8-15)11-5-3-2-4-6-11/h2-6,9-10,13H,7H2,1H3. The number of aryl methyl sites for hydroxylation is 1. The molecule has 0 aliphatic carbocycles. The molecule has 0 spiro atoms. The number of aromatic nitrogens is 2. The lowest BCUT2D eigenvalue weighted by atomic mass is 9.89. The summed E-state index contributed by atoms with van der Waals surface area (Å²) < 4.78 is 1.58. The highest BCUT2D eigenvalue weighted by Crippen LogP contribution is 2.23. The summed E-state index contributed by atoms with van der Waals surface area (Å²) in [6.45, 7) is 0. The van der Waals surface area contributed by atoms with Crippen LogP contribution in [-0.4, -0.2) is 15.6 Å². The quantitative estimate of drug-likeness (QED) is 0.769. The van der Waals surface area contributed by atoms with Gasteiger partial charge in [0, 0.05) is 19.7 Å². The molecule has 0 saturated heterocycles. The summed E-state index contributed by atoms with van der Waals surface area (Å²) in [4.78, 5) is 12.3. The zero-order valence-electron chi connectivity index (χ0n) is 10.1. The van der Waals surface area contributed by atoms with Crippen molar-refractivity contribution in [3.63, 3.8) is 0 Å². The van der Waals surface area contributed by atoms with Crippen LogP contribution >= 0.6 is 0 Å². The van der Waals surface area contributed by atoms with Crippen molar-refractivity contribution in [1.29, 1.82) is 5.26 Å². The van der Waals surface area contributed by atoms with Gasteiger partial charge in [0.25, 0.3) is 0 Å². The van der Waals surface area contributed by atoms with E-state index >= 15 is 0 Å². The average Bonchev–Trinajstić information content (AvgIpc) is 2.83. The number of benzene rings is 1. The predicted octanol–water partition coefficient (Wildman–Crippen LogP) is 2.30. The van der Waals surface area contributed by atoms with Crippen molar-refractivity contribution < 1.29 is 4.79 Å². The molecule has 0 amide bonds. The summed E-state index contributed by atoms with van der Waals surface area (Å²) in [6, 6.07) is 11.5. The second-order valence-electron chi connectivity index (χ2n) is 4.09. The van der Waals surface area contributed by atoms with Crippen LogP contribution in [0.2, 0.25) is 0 Å². The van der Waals surface area contributed by atoms with Gasteiger partial charge >= 0.3 is 0 Å². The molecular weight excluding hydrogens is 226 g/mol. The second kappa shape index (κ2) is 5.28. The summed E-state index contributed by atoms with van der Waals surface area (Å²) >= 11 is 0. The fourth-order valence-corrected chi connectivity index (χ4v) is 1.89. The Labute approximate surface area is 105 Å². The van der Waals surface area contributed by atoms with Crippen molar-refractivity contribution in [3.8, 4) is 6.07 Å². The first kappa shape index (κ1) is 12.1. The molecule has 0 bridgehead atoms. The number of carbonyl (C=O) groups is 1. The zero-order chi connectivity index (χ0) is 13.0. The number of carbonyl (C=O) groups excluding carboxylic acids is 1. The number of nitriles is 1. The first-order chi connectivity index (χ1) is 8.72. The summed E-state index contributed by atoms with van der Waals surface area (Å²) in [5.74, 6) is -0.476. The maximum absolute atomic E-state index is 12.3. The van der Waals surface area contributed by atoms with Gasteiger partial charge in [-0.1, -0.05) is 30.3 Å². The van der Waals surface area contributed by atoms with Crippen LogP contribution in [0.5, 0.6) is 0 Å². The van der Waals surface area contributed by atoms with E-state index in [4.69, 9.17) is 5.26 Å². The van der Waals surface area contributed by atoms with E-state index in [0.717, 1.165) is 5.56 Å². The van der Waals surface area contributed by atoms with Gasteiger partial charge in [0.1, 0.15) is 0 Å². The van der Waals surface area contributed by atoms with Crippen LogP contribution in [0.4, 0.5) is 0 Å². The molecule has 1 aromatic carbocycles. The lowest BCUT2D eigenvalue weighted by Gasteiger charge is -2.11. The molecule has 18 heavy (non-hydrogen) atoms. The third-order valence-corrected chi connectivity index (χ3v) is 2.80. The van der Waals surface area contributed by atoms with Gasteiger partial charge in [0.15, 0.2) is 5.78 Å². The van der Waals surface area contributed by atoms with Crippen molar-refractivity contribution in [3.05, 3.63) is 53.9 Å². The SMILES string of the molecule is Cn1cc(C(=O)C(CC#N)c2ccccc2)cn1. The number of nitrogens with zero attached hydrogens (tertiary/aromatic N) is 3. The first-order valence-electron chi connectivity index (χ1n) is 5.67. The van der Waals surface area contributed by atoms with Crippen molar-refractivity contribution in [2.24, 2.45) is 7.05 Å². The van der Waals surface area contributed by atoms with Gasteiger partial charge in [0.05, 0.1) is 23.7 Å². The lowest BCUT2D eigenvalue weighted by Crippen LogP contribution is -2.12. The largest absolute Gasteiger partial charge is 0.293 e. The van der Waals surface area contributed by atoms with Gasteiger partial charge in [0.2, 0.25) is 0 Å². The summed E-state index contributed by atoms with van der Waals surface area (Å²) in [7, 11) is 1.76. The third kappa shape index (κ3) is 2.46. The Morgan fingerprint density at radius 2 is 2.17 bits per heavy atom. The molecule has 0 radical (unpaired) electrons. The number of hydrogen-bond acceptors (Lipinski definition) is 3. The Hall–Kier alpha value is -2.41. The molecule has 90 valence electrons. The molecule has 1 aromatic heterocycles. The fraction of sp³-hybridized carbons (Fsp3) is 0.214. The van der Waals surface area contributed by atoms with Crippen LogP contribution in [0.1, 0.15) is 28.3 Å². The molecule has 2 rings (SSSR count). The van der Waals surface area contributed by atoms with Crippen LogP contribution in [0.15, 0.2) is 42.7 Å². The van der Waals surface area contributed by atoms with Gasteiger partial charge in [-0.25, -0.2) is 0 Å². The van der Waals surface area contributed by atoms with Crippen LogP contribution < -0.4 is 0 Å². The topological polar surface area (TPSA) is 58.7 Å². The summed E-state index contributed by atoms with van der Waals surface area (Å²) in [5, 5.41) is 12.9. The average molecular weight is 239 g/mol. The summed E-state index contributed by atoms with van der Waals surface area (Å²) in [6.07, 6.45) is 3.39. The Morgan fingerprint density at radius 1 is 1.44 bits per heavy atom. The maximum Gasteiger partial charge on any atom is 0.174 e. The fourth-order valence-electron chi connectivity index (χ4n) is 1.89. The van der Waals surface area contributed by atoms with Gasteiger partial charge in [-0.15, -0.1) is 0 Å². The highest BCUT2D eigenvalue weighted by atomic mass is 16.1. The maximum atomic E-state index is 12.3. The van der Waals surface area contributed by atoms with Crippen LogP contribution in [0.3, 0.4) is 0 Å². The van der Waals surface area contributed by atoms with Gasteiger partial charge in [-0.2, -0.15) is 10.4 Å². The Balaban J connectivity index is 2.32. The molecule has 1 unspecified atom stereocenters. The molecule has 0 aliphatic heterocycles. The van der Waals surface area contributed by atoms with E-state index < -0.39 is 5.92 Å². The molecule has 2 aromatic rings. The van der Waals surface area contributed by atoms with E-state index in [9.17, 15) is 4.79 Å². The van der Waals surface area contributed by atoms with Gasteiger partial charge in [-0.3, -0.25) is 9.48 Å². The van der Waals surface area contributed by atoms with Crippen molar-refractivity contribution in [1.82, 2.24) is 9.78 Å². The van der Waals surface area contributed by atoms with Crippen molar-refractivity contribution in [2.75, 3.05) is 0 Å². The van der Waals surface area contributed by atoms with E-state index in [0.29, 0.717) is 5.56 Å². The van der Waals surface area contributed by atoms with E-state index in [1.54, 1.807) is 17.9 Å². The molecule has 0 fully saturated rings. The second-order valence-corrected chi connectivity index (χ2v) is 4.09.